The van der Waals surface area contributed by atoms with Gasteiger partial charge in [0.15, 0.2) is 0 Å². The average Bonchev–Trinajstić information content (AvgIpc) is 2.91. The van der Waals surface area contributed by atoms with Crippen molar-refractivity contribution in [2.75, 3.05) is 13.1 Å². The first kappa shape index (κ1) is 14.6. The highest BCUT2D eigenvalue weighted by molar-refractivity contribution is 6.35. The molecule has 0 aromatic heterocycles. The minimum absolute atomic E-state index is 0.227. The van der Waals surface area contributed by atoms with Gasteiger partial charge in [0.1, 0.15) is 0 Å². The molecule has 1 saturated carbocycles. The Morgan fingerprint density at radius 2 is 2.00 bits per heavy atom. The minimum Gasteiger partial charge on any atom is -0.329 e. The standard InChI is InChI=1S/C16H22Cl2N2/c17-12-6-7-13(14(18)9-12)16(10-19)20-8-2-4-11-3-1-5-15(11)20/h6-7,9,11,15-16H,1-5,8,10,19H2. The Morgan fingerprint density at radius 3 is 2.75 bits per heavy atom. The van der Waals surface area contributed by atoms with E-state index in [1.807, 2.05) is 18.2 Å². The van der Waals surface area contributed by atoms with E-state index in [9.17, 15) is 0 Å². The number of piperidine rings is 1. The first-order chi connectivity index (χ1) is 9.70. The predicted molar refractivity (Wildman–Crippen MR) is 85.3 cm³/mol. The third-order valence-corrected chi connectivity index (χ3v) is 5.54. The summed E-state index contributed by atoms with van der Waals surface area (Å²) in [5, 5.41) is 1.43. The van der Waals surface area contributed by atoms with Gasteiger partial charge in [-0.25, -0.2) is 0 Å². The largest absolute Gasteiger partial charge is 0.329 e. The van der Waals surface area contributed by atoms with Crippen LogP contribution in [0, 0.1) is 5.92 Å². The number of hydrogen-bond acceptors (Lipinski definition) is 2. The highest BCUT2D eigenvalue weighted by Gasteiger charge is 2.38. The Kier molecular flexibility index (Phi) is 4.56. The SMILES string of the molecule is NCC(c1ccc(Cl)cc1Cl)N1CCCC2CCCC21. The van der Waals surface area contributed by atoms with Crippen molar-refractivity contribution < 1.29 is 0 Å². The van der Waals surface area contributed by atoms with Crippen molar-refractivity contribution in [3.8, 4) is 0 Å². The van der Waals surface area contributed by atoms with Crippen LogP contribution in [0.25, 0.3) is 0 Å². The summed E-state index contributed by atoms with van der Waals surface area (Å²) in [6.07, 6.45) is 6.71. The Bertz CT molecular complexity index is 478. The van der Waals surface area contributed by atoms with Gasteiger partial charge in [-0.2, -0.15) is 0 Å². The van der Waals surface area contributed by atoms with Crippen molar-refractivity contribution in [1.29, 1.82) is 0 Å². The summed E-state index contributed by atoms with van der Waals surface area (Å²) in [5.41, 5.74) is 7.22. The van der Waals surface area contributed by atoms with Crippen LogP contribution in [-0.4, -0.2) is 24.0 Å². The van der Waals surface area contributed by atoms with Gasteiger partial charge in [-0.15, -0.1) is 0 Å². The molecule has 0 bridgehead atoms. The van der Waals surface area contributed by atoms with Crippen LogP contribution in [0.3, 0.4) is 0 Å². The summed E-state index contributed by atoms with van der Waals surface area (Å²) >= 11 is 12.4. The lowest BCUT2D eigenvalue weighted by molar-refractivity contribution is 0.0702. The molecule has 0 amide bonds. The molecule has 1 aliphatic carbocycles. The van der Waals surface area contributed by atoms with Crippen LogP contribution >= 0.6 is 23.2 Å². The van der Waals surface area contributed by atoms with E-state index in [4.69, 9.17) is 28.9 Å². The van der Waals surface area contributed by atoms with Gasteiger partial charge in [-0.1, -0.05) is 35.7 Å². The maximum absolute atomic E-state index is 6.40. The number of halogens is 2. The normalized spacial score (nSPS) is 28.4. The van der Waals surface area contributed by atoms with Crippen molar-refractivity contribution in [2.45, 2.75) is 44.2 Å². The summed E-state index contributed by atoms with van der Waals surface area (Å²) in [5.74, 6) is 0.865. The molecule has 2 N–H and O–H groups in total. The lowest BCUT2D eigenvalue weighted by atomic mass is 9.89. The molecule has 20 heavy (non-hydrogen) atoms. The molecule has 4 heteroatoms. The van der Waals surface area contributed by atoms with Crippen LogP contribution in [0.15, 0.2) is 18.2 Å². The molecule has 2 aliphatic rings. The number of benzene rings is 1. The van der Waals surface area contributed by atoms with Crippen LogP contribution in [0.4, 0.5) is 0 Å². The quantitative estimate of drug-likeness (QED) is 0.903. The van der Waals surface area contributed by atoms with Gasteiger partial charge in [0.2, 0.25) is 0 Å². The van der Waals surface area contributed by atoms with E-state index < -0.39 is 0 Å². The van der Waals surface area contributed by atoms with Crippen molar-refractivity contribution in [1.82, 2.24) is 4.90 Å². The molecule has 1 aromatic rings. The van der Waals surface area contributed by atoms with Crippen molar-refractivity contribution in [3.05, 3.63) is 33.8 Å². The number of likely N-dealkylation sites (tertiary alicyclic amines) is 1. The zero-order valence-electron chi connectivity index (χ0n) is 11.7. The molecule has 2 nitrogen and oxygen atoms in total. The van der Waals surface area contributed by atoms with Gasteiger partial charge in [-0.05, 0) is 55.8 Å². The second-order valence-electron chi connectivity index (χ2n) is 6.06. The van der Waals surface area contributed by atoms with E-state index in [0.29, 0.717) is 17.6 Å². The summed E-state index contributed by atoms with van der Waals surface area (Å²) in [7, 11) is 0. The smallest absolute Gasteiger partial charge is 0.0488 e. The fourth-order valence-corrected chi connectivity index (χ4v) is 4.63. The third kappa shape index (κ3) is 2.71. The van der Waals surface area contributed by atoms with Gasteiger partial charge in [0, 0.05) is 28.7 Å². The molecule has 1 aromatic carbocycles. The highest BCUT2D eigenvalue weighted by Crippen LogP contribution is 2.41. The maximum atomic E-state index is 6.40. The van der Waals surface area contributed by atoms with Crippen molar-refractivity contribution in [3.63, 3.8) is 0 Å². The van der Waals surface area contributed by atoms with Crippen LogP contribution in [0.2, 0.25) is 10.0 Å². The maximum Gasteiger partial charge on any atom is 0.0488 e. The van der Waals surface area contributed by atoms with Gasteiger partial charge >= 0.3 is 0 Å². The van der Waals surface area contributed by atoms with E-state index in [2.05, 4.69) is 4.90 Å². The van der Waals surface area contributed by atoms with E-state index in [1.165, 1.54) is 32.1 Å². The lowest BCUT2D eigenvalue weighted by Crippen LogP contribution is -2.46. The fraction of sp³-hybridized carbons (Fsp3) is 0.625. The van der Waals surface area contributed by atoms with Gasteiger partial charge in [-0.3, -0.25) is 4.90 Å². The molecule has 1 saturated heterocycles. The second kappa shape index (κ2) is 6.23. The Balaban J connectivity index is 1.88. The number of nitrogens with two attached hydrogens (primary N) is 1. The summed E-state index contributed by atoms with van der Waals surface area (Å²) in [6.45, 7) is 1.76. The predicted octanol–water partition coefficient (Wildman–Crippen LogP) is 4.26. The zero-order valence-corrected chi connectivity index (χ0v) is 13.2. The van der Waals surface area contributed by atoms with Gasteiger partial charge in [0.25, 0.3) is 0 Å². The Hall–Kier alpha value is -0.280. The van der Waals surface area contributed by atoms with E-state index in [-0.39, 0.29) is 6.04 Å². The molecular weight excluding hydrogens is 291 g/mol. The molecule has 3 atom stereocenters. The number of rotatable bonds is 3. The van der Waals surface area contributed by atoms with Crippen molar-refractivity contribution in [2.24, 2.45) is 11.7 Å². The van der Waals surface area contributed by atoms with Gasteiger partial charge in [0.05, 0.1) is 0 Å². The topological polar surface area (TPSA) is 29.3 Å². The summed E-state index contributed by atoms with van der Waals surface area (Å²) in [4.78, 5) is 2.61. The monoisotopic (exact) mass is 312 g/mol. The molecule has 1 heterocycles. The van der Waals surface area contributed by atoms with Crippen LogP contribution in [0.1, 0.15) is 43.7 Å². The molecular formula is C16H22Cl2N2. The summed E-state index contributed by atoms with van der Waals surface area (Å²) in [6, 6.07) is 6.72. The fourth-order valence-electron chi connectivity index (χ4n) is 4.09. The highest BCUT2D eigenvalue weighted by atomic mass is 35.5. The zero-order chi connectivity index (χ0) is 14.1. The first-order valence-corrected chi connectivity index (χ1v) is 8.37. The lowest BCUT2D eigenvalue weighted by Gasteiger charge is -2.43. The minimum atomic E-state index is 0.227. The van der Waals surface area contributed by atoms with E-state index >= 15 is 0 Å². The Labute approximate surface area is 131 Å². The molecule has 0 spiro atoms. The van der Waals surface area contributed by atoms with Crippen molar-refractivity contribution >= 4 is 23.2 Å². The second-order valence-corrected chi connectivity index (χ2v) is 6.90. The summed E-state index contributed by atoms with van der Waals surface area (Å²) < 4.78 is 0. The number of nitrogens with zero attached hydrogens (tertiary/aromatic N) is 1. The molecule has 3 rings (SSSR count). The van der Waals surface area contributed by atoms with Crippen LogP contribution in [-0.2, 0) is 0 Å². The number of fused-ring (bicyclic) bond motifs is 1. The average molecular weight is 313 g/mol. The molecule has 1 aliphatic heterocycles. The van der Waals surface area contributed by atoms with E-state index in [1.54, 1.807) is 0 Å². The number of hydrogen-bond donors (Lipinski definition) is 1. The van der Waals surface area contributed by atoms with Gasteiger partial charge < -0.3 is 5.73 Å². The van der Waals surface area contributed by atoms with Crippen LogP contribution < -0.4 is 5.73 Å². The molecule has 0 radical (unpaired) electrons. The molecule has 2 fully saturated rings. The first-order valence-electron chi connectivity index (χ1n) is 7.61. The van der Waals surface area contributed by atoms with Crippen LogP contribution in [0.5, 0.6) is 0 Å². The van der Waals surface area contributed by atoms with E-state index in [0.717, 1.165) is 23.0 Å². The molecule has 110 valence electrons. The third-order valence-electron chi connectivity index (χ3n) is 4.98. The Morgan fingerprint density at radius 1 is 1.20 bits per heavy atom. The molecule has 3 unspecified atom stereocenters.